The molecule has 0 radical (unpaired) electrons. The first kappa shape index (κ1) is 9.22. The van der Waals surface area contributed by atoms with Gasteiger partial charge in [-0.2, -0.15) is 0 Å². The molecule has 0 aromatic rings. The van der Waals surface area contributed by atoms with Gasteiger partial charge >= 0.3 is 0 Å². The minimum absolute atomic E-state index is 0. The van der Waals surface area contributed by atoms with Crippen LogP contribution in [0.5, 0.6) is 0 Å². The van der Waals surface area contributed by atoms with Crippen LogP contribution >= 0.6 is 0 Å². The van der Waals surface area contributed by atoms with Crippen molar-refractivity contribution in [2.75, 3.05) is 0 Å². The summed E-state index contributed by atoms with van der Waals surface area (Å²) in [5.41, 5.74) is 0. The van der Waals surface area contributed by atoms with Gasteiger partial charge in [-0.25, -0.2) is 0 Å². The van der Waals surface area contributed by atoms with E-state index in [4.69, 9.17) is 6.58 Å². The molecule has 38 valence electrons. The second kappa shape index (κ2) is 4.74. The minimum Gasteiger partial charge on any atom is -0.518 e. The van der Waals surface area contributed by atoms with Crippen LogP contribution in [-0.4, -0.2) is 0 Å². The molecule has 1 heteroatoms. The first-order valence-corrected chi connectivity index (χ1v) is 2.36. The van der Waals surface area contributed by atoms with Gasteiger partial charge in [0.25, 0.3) is 0 Å². The van der Waals surface area contributed by atoms with Gasteiger partial charge in [-0.05, 0) is 0 Å². The Hall–Kier alpha value is -1.26. The first-order chi connectivity index (χ1) is 2.81. The third kappa shape index (κ3) is 4.74. The third-order valence-corrected chi connectivity index (χ3v) is 0.972. The molecule has 0 spiro atoms. The molecule has 1 unspecified atom stereocenters. The topological polar surface area (TPSA) is 0 Å². The van der Waals surface area contributed by atoms with Crippen molar-refractivity contribution in [3.8, 4) is 0 Å². The summed E-state index contributed by atoms with van der Waals surface area (Å²) in [6.07, 6.45) is 2.87. The summed E-state index contributed by atoms with van der Waals surface area (Å²) in [5.74, 6) is 0.588. The van der Waals surface area contributed by atoms with Crippen LogP contribution < -0.4 is 0 Å². The summed E-state index contributed by atoms with van der Waals surface area (Å²) in [6.45, 7) is 9.37. The van der Waals surface area contributed by atoms with Gasteiger partial charge in [0.15, 0.2) is 0 Å². The van der Waals surface area contributed by atoms with E-state index in [-0.39, 0.29) is 0 Å². The summed E-state index contributed by atoms with van der Waals surface area (Å²) in [7, 11) is 0. The van der Waals surface area contributed by atoms with Crippen LogP contribution in [0.25, 0.3) is 0 Å². The average Bonchev–Trinajstić information content (AvgIpc) is 1.65. The zero-order chi connectivity index (χ0) is 4.99. The predicted octanol–water partition coefficient (Wildman–Crippen LogP) is 2.02. The fourth-order valence-electron chi connectivity index (χ4n) is 0.136. The molecular weight excluding hydrogens is 339 g/mol. The van der Waals surface area contributed by atoms with Gasteiger partial charge in [-0.1, -0.05) is 26.2 Å². The van der Waals surface area contributed by atoms with Crippen LogP contribution in [0.2, 0.25) is 0 Å². The molecule has 0 saturated heterocycles. The van der Waals surface area contributed by atoms with E-state index >= 15 is 0 Å². The van der Waals surface area contributed by atoms with Gasteiger partial charge in [-0.3, -0.25) is 6.08 Å². The van der Waals surface area contributed by atoms with Crippen LogP contribution in [0.15, 0.2) is 6.08 Å². The SMILES string of the molecule is [CH-]=CC(C)CC.[Rf]. The monoisotopic (exact) mass is 350 g/mol. The maximum atomic E-state index is 5.16. The van der Waals surface area contributed by atoms with Crippen molar-refractivity contribution >= 4 is 0 Å². The minimum atomic E-state index is 0. The molecule has 7 heavy (non-hydrogen) atoms. The van der Waals surface area contributed by atoms with Crippen LogP contribution in [-0.2, 0) is 0 Å². The molecule has 1 atom stereocenters. The van der Waals surface area contributed by atoms with E-state index in [0.29, 0.717) is 5.92 Å². The second-order valence-corrected chi connectivity index (χ2v) is 1.58. The molecule has 0 saturated carbocycles. The molecular formula is C6H11Rf-. The van der Waals surface area contributed by atoms with Crippen molar-refractivity contribution in [3.63, 3.8) is 0 Å². The number of rotatable bonds is 2. The number of allylic oxidation sites excluding steroid dienone is 1. The molecule has 0 fully saturated rings. The van der Waals surface area contributed by atoms with Crippen LogP contribution in [0.3, 0.4) is 0 Å². The summed E-state index contributed by atoms with van der Waals surface area (Å²) in [5, 5.41) is 0. The van der Waals surface area contributed by atoms with E-state index < -0.39 is 0 Å². The quantitative estimate of drug-likeness (QED) is 0.669. The van der Waals surface area contributed by atoms with Crippen LogP contribution in [0.1, 0.15) is 20.3 Å². The normalized spacial score (nSPS) is 11.7. The van der Waals surface area contributed by atoms with Crippen molar-refractivity contribution in [2.45, 2.75) is 20.3 Å². The first-order valence-electron chi connectivity index (χ1n) is 2.36. The van der Waals surface area contributed by atoms with Gasteiger partial charge in [0.1, 0.15) is 0 Å². The Bertz CT molecular complexity index is 41.4. The Morgan fingerprint density at radius 1 is 1.71 bits per heavy atom. The summed E-state index contributed by atoms with van der Waals surface area (Å²) in [4.78, 5) is 0. The Kier molecular flexibility index (Phi) is 6.24. The third-order valence-electron chi connectivity index (χ3n) is 0.972. The van der Waals surface area contributed by atoms with Crippen molar-refractivity contribution in [2.24, 2.45) is 5.92 Å². The van der Waals surface area contributed by atoms with Crippen LogP contribution in [0, 0.1) is 12.5 Å². The summed E-state index contributed by atoms with van der Waals surface area (Å²) >= 11 is 0. The molecule has 0 bridgehead atoms. The largest absolute Gasteiger partial charge is 0.518 e. The summed E-state index contributed by atoms with van der Waals surface area (Å²) in [6, 6.07) is 0. The Labute approximate surface area is 39.9 Å². The smallest absolute Gasteiger partial charge is 0 e. The number of hydrogen-bond acceptors (Lipinski definition) is 0. The van der Waals surface area contributed by atoms with Gasteiger partial charge < -0.3 is 6.58 Å². The molecule has 0 nitrogen and oxygen atoms in total. The molecule has 0 amide bonds. The molecule has 0 aliphatic carbocycles. The van der Waals surface area contributed by atoms with E-state index in [1.165, 1.54) is 0 Å². The van der Waals surface area contributed by atoms with Crippen molar-refractivity contribution in [1.29, 1.82) is 0 Å². The Morgan fingerprint density at radius 3 is 2.14 bits per heavy atom. The van der Waals surface area contributed by atoms with E-state index in [1.807, 2.05) is 0 Å². The maximum absolute atomic E-state index is 5.16. The second-order valence-electron chi connectivity index (χ2n) is 1.58. The van der Waals surface area contributed by atoms with Gasteiger partial charge in [0, 0.05) is 0 Å². The van der Waals surface area contributed by atoms with E-state index in [2.05, 4.69) is 13.8 Å². The summed E-state index contributed by atoms with van der Waals surface area (Å²) < 4.78 is 0. The molecule has 0 N–H and O–H groups in total. The van der Waals surface area contributed by atoms with E-state index in [9.17, 15) is 0 Å². The molecule has 0 rings (SSSR count). The standard InChI is InChI=1S/C6H11.Rf/c1-4-6(3)5-2;/h1,4,6H,5H2,2-3H3;/q-1;. The van der Waals surface area contributed by atoms with Gasteiger partial charge in [-0.15, -0.1) is 0 Å². The van der Waals surface area contributed by atoms with E-state index in [0.717, 1.165) is 6.42 Å². The van der Waals surface area contributed by atoms with Crippen molar-refractivity contribution < 1.29 is 0 Å². The van der Waals surface area contributed by atoms with Gasteiger partial charge in [0.2, 0.25) is 0 Å². The van der Waals surface area contributed by atoms with Crippen molar-refractivity contribution in [3.05, 3.63) is 12.7 Å². The molecule has 0 aliphatic heterocycles. The fourth-order valence-corrected chi connectivity index (χ4v) is 0.136. The average molecular weight is 350 g/mol. The van der Waals surface area contributed by atoms with E-state index in [1.54, 1.807) is 6.08 Å². The number of hydrogen-bond donors (Lipinski definition) is 0. The Morgan fingerprint density at radius 2 is 2.14 bits per heavy atom. The Balaban J connectivity index is 0. The zero-order valence-electron chi connectivity index (χ0n) is 5.15. The van der Waals surface area contributed by atoms with Gasteiger partial charge in [0.05, 0.1) is 0 Å². The van der Waals surface area contributed by atoms with Crippen molar-refractivity contribution in [1.82, 2.24) is 0 Å². The maximum Gasteiger partial charge on any atom is 0 e. The van der Waals surface area contributed by atoms with Crippen LogP contribution in [0.4, 0.5) is 0 Å². The predicted molar refractivity (Wildman–Crippen MR) is 28.3 cm³/mol. The fraction of sp³-hybridized carbons (Fsp3) is 0.667. The zero-order valence-corrected chi connectivity index (χ0v) is 11.5. The molecule has 0 aromatic carbocycles. The molecule has 0 aliphatic rings. The molecule has 0 aromatic heterocycles. The molecule has 0 heterocycles.